The van der Waals surface area contributed by atoms with Gasteiger partial charge in [-0.3, -0.25) is 14.3 Å². The van der Waals surface area contributed by atoms with E-state index in [4.69, 9.17) is 0 Å². The summed E-state index contributed by atoms with van der Waals surface area (Å²) >= 11 is 0. The molecule has 3 rings (SSSR count). The molecule has 2 aromatic heterocycles. The number of carbonyl (C=O) groups is 2. The predicted molar refractivity (Wildman–Crippen MR) is 104 cm³/mol. The maximum absolute atomic E-state index is 12.4. The highest BCUT2D eigenvalue weighted by Gasteiger charge is 2.20. The van der Waals surface area contributed by atoms with Gasteiger partial charge in [-0.25, -0.2) is 4.98 Å². The molecule has 0 fully saturated rings. The Balaban J connectivity index is 1.63. The molecule has 1 atom stereocenters. The van der Waals surface area contributed by atoms with Crippen LogP contribution in [0.4, 0.5) is 0 Å². The molecule has 27 heavy (non-hydrogen) atoms. The van der Waals surface area contributed by atoms with Gasteiger partial charge in [0.15, 0.2) is 5.78 Å². The van der Waals surface area contributed by atoms with Gasteiger partial charge in [0.2, 0.25) is 5.91 Å². The largest absolute Gasteiger partial charge is 0.352 e. The van der Waals surface area contributed by atoms with Crippen molar-refractivity contribution < 1.29 is 9.59 Å². The number of aromatic nitrogens is 4. The Morgan fingerprint density at radius 2 is 2.00 bits per heavy atom. The first kappa shape index (κ1) is 18.8. The molecule has 142 valence electrons. The van der Waals surface area contributed by atoms with Crippen LogP contribution in [0.5, 0.6) is 0 Å². The second kappa shape index (κ2) is 7.34. The number of aromatic amines is 1. The van der Waals surface area contributed by atoms with E-state index in [0.717, 1.165) is 28.1 Å². The zero-order valence-electron chi connectivity index (χ0n) is 16.4. The number of ketones is 1. The third-order valence-electron chi connectivity index (χ3n) is 4.73. The monoisotopic (exact) mass is 367 g/mol. The van der Waals surface area contributed by atoms with Crippen LogP contribution in [0.1, 0.15) is 59.4 Å². The SMILES string of the molecule is CC(=O)c1c(C)nn([C@H](C)CC(=O)NCc2ccc3nc(C)[nH]c3c2)c1C. The van der Waals surface area contributed by atoms with Gasteiger partial charge >= 0.3 is 0 Å². The first-order valence-corrected chi connectivity index (χ1v) is 9.05. The van der Waals surface area contributed by atoms with Crippen LogP contribution >= 0.6 is 0 Å². The normalized spacial score (nSPS) is 12.3. The summed E-state index contributed by atoms with van der Waals surface area (Å²) in [6.45, 7) is 9.53. The van der Waals surface area contributed by atoms with Crippen LogP contribution in [-0.4, -0.2) is 31.4 Å². The minimum Gasteiger partial charge on any atom is -0.352 e. The molecule has 0 bridgehead atoms. The van der Waals surface area contributed by atoms with Crippen molar-refractivity contribution in [1.29, 1.82) is 0 Å². The van der Waals surface area contributed by atoms with Crippen molar-refractivity contribution in [3.05, 3.63) is 46.5 Å². The van der Waals surface area contributed by atoms with E-state index in [0.29, 0.717) is 24.2 Å². The summed E-state index contributed by atoms with van der Waals surface area (Å²) in [5.41, 5.74) is 5.05. The number of nitrogens with one attached hydrogen (secondary N) is 2. The Hall–Kier alpha value is -2.96. The molecule has 0 unspecified atom stereocenters. The number of amides is 1. The van der Waals surface area contributed by atoms with Crippen molar-refractivity contribution in [2.24, 2.45) is 0 Å². The molecule has 2 N–H and O–H groups in total. The summed E-state index contributed by atoms with van der Waals surface area (Å²) in [6, 6.07) is 5.78. The molecule has 3 aromatic rings. The second-order valence-electron chi connectivity index (χ2n) is 7.05. The summed E-state index contributed by atoms with van der Waals surface area (Å²) in [7, 11) is 0. The van der Waals surface area contributed by atoms with E-state index < -0.39 is 0 Å². The summed E-state index contributed by atoms with van der Waals surface area (Å²) in [5, 5.41) is 7.40. The fourth-order valence-electron chi connectivity index (χ4n) is 3.52. The molecule has 0 radical (unpaired) electrons. The predicted octanol–water partition coefficient (Wildman–Crippen LogP) is 3.15. The highest BCUT2D eigenvalue weighted by atomic mass is 16.1. The van der Waals surface area contributed by atoms with Crippen LogP contribution in [0.15, 0.2) is 18.2 Å². The number of rotatable bonds is 6. The van der Waals surface area contributed by atoms with E-state index in [-0.39, 0.29) is 17.7 Å². The molecule has 1 amide bonds. The van der Waals surface area contributed by atoms with Crippen LogP contribution in [0.25, 0.3) is 11.0 Å². The number of H-pyrrole nitrogens is 1. The lowest BCUT2D eigenvalue weighted by atomic mass is 10.1. The van der Waals surface area contributed by atoms with Crippen LogP contribution in [0.2, 0.25) is 0 Å². The lowest BCUT2D eigenvalue weighted by Crippen LogP contribution is -2.26. The first-order valence-electron chi connectivity index (χ1n) is 9.05. The number of fused-ring (bicyclic) bond motifs is 1. The minimum atomic E-state index is -0.130. The highest BCUT2D eigenvalue weighted by Crippen LogP contribution is 2.20. The van der Waals surface area contributed by atoms with Crippen LogP contribution in [-0.2, 0) is 11.3 Å². The maximum atomic E-state index is 12.4. The Morgan fingerprint density at radius 1 is 1.26 bits per heavy atom. The third-order valence-corrected chi connectivity index (χ3v) is 4.73. The summed E-state index contributed by atoms with van der Waals surface area (Å²) < 4.78 is 1.77. The maximum Gasteiger partial charge on any atom is 0.222 e. The van der Waals surface area contributed by atoms with Crippen molar-refractivity contribution in [3.8, 4) is 0 Å². The summed E-state index contributed by atoms with van der Waals surface area (Å²) in [5.74, 6) is 0.812. The van der Waals surface area contributed by atoms with Gasteiger partial charge in [-0.2, -0.15) is 5.10 Å². The first-order chi connectivity index (χ1) is 12.8. The van der Waals surface area contributed by atoms with Gasteiger partial charge < -0.3 is 10.3 Å². The number of imidazole rings is 1. The van der Waals surface area contributed by atoms with E-state index in [1.165, 1.54) is 6.92 Å². The highest BCUT2D eigenvalue weighted by molar-refractivity contribution is 5.96. The van der Waals surface area contributed by atoms with Crippen molar-refractivity contribution in [2.45, 2.75) is 53.6 Å². The number of nitrogens with zero attached hydrogens (tertiary/aromatic N) is 3. The molecular weight excluding hydrogens is 342 g/mol. The Labute approximate surface area is 158 Å². The number of Topliss-reactive ketones (excluding diaryl/α,β-unsaturated/α-hetero) is 1. The van der Waals surface area contributed by atoms with E-state index in [1.807, 2.05) is 45.9 Å². The molecule has 0 saturated carbocycles. The fraction of sp³-hybridized carbons (Fsp3) is 0.400. The van der Waals surface area contributed by atoms with E-state index in [9.17, 15) is 9.59 Å². The Kier molecular flexibility index (Phi) is 5.12. The van der Waals surface area contributed by atoms with Gasteiger partial charge in [0, 0.05) is 18.7 Å². The van der Waals surface area contributed by atoms with E-state index in [1.54, 1.807) is 4.68 Å². The van der Waals surface area contributed by atoms with Crippen molar-refractivity contribution in [2.75, 3.05) is 0 Å². The van der Waals surface area contributed by atoms with E-state index >= 15 is 0 Å². The quantitative estimate of drug-likeness (QED) is 0.655. The van der Waals surface area contributed by atoms with Gasteiger partial charge in [-0.1, -0.05) is 6.07 Å². The third kappa shape index (κ3) is 3.92. The van der Waals surface area contributed by atoms with Crippen LogP contribution in [0, 0.1) is 20.8 Å². The molecule has 7 nitrogen and oxygen atoms in total. The minimum absolute atomic E-state index is 0.00247. The lowest BCUT2D eigenvalue weighted by molar-refractivity contribution is -0.122. The van der Waals surface area contributed by atoms with Crippen molar-refractivity contribution in [3.63, 3.8) is 0 Å². The fourth-order valence-corrected chi connectivity index (χ4v) is 3.52. The Morgan fingerprint density at radius 3 is 2.67 bits per heavy atom. The molecule has 7 heteroatoms. The molecule has 2 heterocycles. The standard InChI is InChI=1S/C20H25N5O2/c1-11(25-13(3)20(14(4)26)12(2)24-25)8-19(27)21-10-16-6-7-17-18(9-16)23-15(5)22-17/h6-7,9,11H,8,10H2,1-5H3,(H,21,27)(H,22,23)/t11-/m1/s1. The number of hydrogen-bond acceptors (Lipinski definition) is 4. The zero-order chi connectivity index (χ0) is 19.7. The molecule has 0 saturated heterocycles. The molecule has 0 aliphatic heterocycles. The van der Waals surface area contributed by atoms with Gasteiger partial charge in [0.25, 0.3) is 0 Å². The zero-order valence-corrected chi connectivity index (χ0v) is 16.4. The summed E-state index contributed by atoms with van der Waals surface area (Å²) in [4.78, 5) is 31.7. The molecule has 0 aliphatic carbocycles. The van der Waals surface area contributed by atoms with Crippen LogP contribution in [0.3, 0.4) is 0 Å². The smallest absolute Gasteiger partial charge is 0.222 e. The number of hydrogen-bond donors (Lipinski definition) is 2. The molecule has 1 aromatic carbocycles. The van der Waals surface area contributed by atoms with Crippen LogP contribution < -0.4 is 5.32 Å². The molecule has 0 aliphatic rings. The number of aryl methyl sites for hydroxylation is 2. The summed E-state index contributed by atoms with van der Waals surface area (Å²) in [6.07, 6.45) is 0.296. The molecule has 0 spiro atoms. The average molecular weight is 367 g/mol. The number of benzene rings is 1. The second-order valence-corrected chi connectivity index (χ2v) is 7.05. The van der Waals surface area contributed by atoms with Crippen molar-refractivity contribution in [1.82, 2.24) is 25.1 Å². The average Bonchev–Trinajstić information content (AvgIpc) is 3.10. The topological polar surface area (TPSA) is 92.7 Å². The molecular formula is C20H25N5O2. The Bertz CT molecular complexity index is 1010. The van der Waals surface area contributed by atoms with Gasteiger partial charge in [-0.05, 0) is 52.3 Å². The van der Waals surface area contributed by atoms with Gasteiger partial charge in [-0.15, -0.1) is 0 Å². The number of carbonyl (C=O) groups excluding carboxylic acids is 2. The van der Waals surface area contributed by atoms with E-state index in [2.05, 4.69) is 20.4 Å². The van der Waals surface area contributed by atoms with Crippen molar-refractivity contribution >= 4 is 22.7 Å². The lowest BCUT2D eigenvalue weighted by Gasteiger charge is -2.14. The van der Waals surface area contributed by atoms with Gasteiger partial charge in [0.1, 0.15) is 5.82 Å². The van der Waals surface area contributed by atoms with Gasteiger partial charge in [0.05, 0.1) is 28.3 Å².